The Morgan fingerprint density at radius 2 is 1.32 bits per heavy atom. The summed E-state index contributed by atoms with van der Waals surface area (Å²) in [5, 5.41) is 0. The van der Waals surface area contributed by atoms with Gasteiger partial charge in [-0.1, -0.05) is 24.3 Å². The maximum Gasteiger partial charge on any atom is 0.232 e. The van der Waals surface area contributed by atoms with Crippen molar-refractivity contribution in [2.24, 2.45) is 0 Å². The number of hydrogen-bond acceptors (Lipinski definition) is 6. The minimum Gasteiger partial charge on any atom is -0.497 e. The Morgan fingerprint density at radius 3 is 1.74 bits per heavy atom. The molecule has 1 aliphatic carbocycles. The molecule has 0 aliphatic heterocycles. The summed E-state index contributed by atoms with van der Waals surface area (Å²) in [4.78, 5) is 11.8. The van der Waals surface area contributed by atoms with Gasteiger partial charge in [0.2, 0.25) is 11.8 Å². The summed E-state index contributed by atoms with van der Waals surface area (Å²) in [6, 6.07) is 16.2. The Morgan fingerprint density at radius 1 is 0.806 bits per heavy atom. The number of rotatable bonds is 9. The van der Waals surface area contributed by atoms with Crippen LogP contribution in [0.2, 0.25) is 0 Å². The third-order valence-corrected chi connectivity index (χ3v) is 6.09. The summed E-state index contributed by atoms with van der Waals surface area (Å²) < 4.78 is 17.0. The van der Waals surface area contributed by atoms with Crippen LogP contribution in [0.15, 0.2) is 53.0 Å². The quantitative estimate of drug-likeness (QED) is 0.408. The molecular formula is C24H26BrN3O3. The molecular weight excluding hydrogens is 458 g/mol. The zero-order chi connectivity index (χ0) is 21.8. The van der Waals surface area contributed by atoms with Gasteiger partial charge >= 0.3 is 0 Å². The third-order valence-electron chi connectivity index (χ3n) is 5.34. The molecule has 2 aromatic carbocycles. The summed E-state index contributed by atoms with van der Waals surface area (Å²) >= 11 is 3.63. The highest BCUT2D eigenvalue weighted by molar-refractivity contribution is 9.10. The molecule has 0 unspecified atom stereocenters. The molecule has 0 atom stereocenters. The Labute approximate surface area is 191 Å². The molecule has 0 spiro atoms. The first-order valence-electron chi connectivity index (χ1n) is 10.2. The molecule has 0 saturated heterocycles. The lowest BCUT2D eigenvalue weighted by molar-refractivity contribution is 0.392. The fraction of sp³-hybridized carbons (Fsp3) is 0.333. The van der Waals surface area contributed by atoms with Crippen molar-refractivity contribution in [3.8, 4) is 17.4 Å². The number of methoxy groups -OCH3 is 3. The summed E-state index contributed by atoms with van der Waals surface area (Å²) in [5.74, 6) is 3.37. The van der Waals surface area contributed by atoms with E-state index in [0.717, 1.165) is 45.6 Å². The van der Waals surface area contributed by atoms with Crippen molar-refractivity contribution in [2.45, 2.75) is 31.8 Å². The maximum absolute atomic E-state index is 5.56. The van der Waals surface area contributed by atoms with E-state index in [2.05, 4.69) is 45.1 Å². The van der Waals surface area contributed by atoms with Gasteiger partial charge in [0.05, 0.1) is 27.0 Å². The van der Waals surface area contributed by atoms with Crippen LogP contribution < -0.4 is 19.1 Å². The summed E-state index contributed by atoms with van der Waals surface area (Å²) in [6.07, 6.45) is 2.30. The first-order valence-corrected chi connectivity index (χ1v) is 11.0. The number of ether oxygens (including phenoxy) is 3. The molecule has 0 radical (unpaired) electrons. The van der Waals surface area contributed by atoms with Gasteiger partial charge < -0.3 is 19.1 Å². The molecule has 6 nitrogen and oxygen atoms in total. The molecule has 1 saturated carbocycles. The van der Waals surface area contributed by atoms with Gasteiger partial charge in [0.15, 0.2) is 0 Å². The second kappa shape index (κ2) is 9.56. The monoisotopic (exact) mass is 483 g/mol. The van der Waals surface area contributed by atoms with Crippen molar-refractivity contribution in [1.29, 1.82) is 0 Å². The van der Waals surface area contributed by atoms with Crippen LogP contribution in [0.3, 0.4) is 0 Å². The third kappa shape index (κ3) is 5.10. The predicted octanol–water partition coefficient (Wildman–Crippen LogP) is 5.35. The summed E-state index contributed by atoms with van der Waals surface area (Å²) in [6.45, 7) is 1.32. The van der Waals surface area contributed by atoms with E-state index in [9.17, 15) is 0 Å². The van der Waals surface area contributed by atoms with E-state index < -0.39 is 0 Å². The molecule has 31 heavy (non-hydrogen) atoms. The Balaban J connectivity index is 1.68. The molecule has 3 aromatic rings. The molecule has 1 heterocycles. The fourth-order valence-corrected chi connectivity index (χ4v) is 4.10. The van der Waals surface area contributed by atoms with E-state index in [0.29, 0.717) is 30.8 Å². The molecule has 162 valence electrons. The molecule has 1 fully saturated rings. The molecule has 1 aliphatic rings. The van der Waals surface area contributed by atoms with Crippen molar-refractivity contribution in [3.05, 3.63) is 69.8 Å². The summed E-state index contributed by atoms with van der Waals surface area (Å²) in [7, 11) is 4.99. The Hall–Kier alpha value is -2.80. The topological polar surface area (TPSA) is 56.7 Å². The number of nitrogens with zero attached hydrogens (tertiary/aromatic N) is 3. The van der Waals surface area contributed by atoms with Gasteiger partial charge in [-0.2, -0.15) is 4.98 Å². The van der Waals surface area contributed by atoms with Crippen LogP contribution in [0, 0.1) is 0 Å². The second-order valence-electron chi connectivity index (χ2n) is 7.56. The highest BCUT2D eigenvalue weighted by atomic mass is 79.9. The van der Waals surface area contributed by atoms with Crippen LogP contribution >= 0.6 is 15.9 Å². The van der Waals surface area contributed by atoms with Crippen molar-refractivity contribution >= 4 is 21.9 Å². The van der Waals surface area contributed by atoms with Crippen LogP contribution in [0.5, 0.6) is 17.4 Å². The van der Waals surface area contributed by atoms with Crippen LogP contribution in [0.1, 0.15) is 35.6 Å². The van der Waals surface area contributed by atoms with E-state index in [4.69, 9.17) is 24.2 Å². The fourth-order valence-electron chi connectivity index (χ4n) is 3.44. The molecule has 7 heteroatoms. The van der Waals surface area contributed by atoms with E-state index in [1.807, 2.05) is 24.3 Å². The van der Waals surface area contributed by atoms with Gasteiger partial charge in [0.25, 0.3) is 0 Å². The number of halogens is 1. The zero-order valence-corrected chi connectivity index (χ0v) is 19.6. The van der Waals surface area contributed by atoms with Crippen molar-refractivity contribution < 1.29 is 14.2 Å². The number of hydrogen-bond donors (Lipinski definition) is 0. The SMILES string of the molecule is COc1ccc(CN(Cc2ccc(OC)cc2)c2nc(OC)c(Br)c(C3CC3)n2)cc1. The van der Waals surface area contributed by atoms with Crippen LogP contribution in [0.25, 0.3) is 0 Å². The van der Waals surface area contributed by atoms with Crippen LogP contribution in [-0.4, -0.2) is 31.3 Å². The predicted molar refractivity (Wildman–Crippen MR) is 124 cm³/mol. The van der Waals surface area contributed by atoms with Crippen molar-refractivity contribution in [2.75, 3.05) is 26.2 Å². The average molecular weight is 484 g/mol. The minimum absolute atomic E-state index is 0.467. The average Bonchev–Trinajstić information content (AvgIpc) is 3.65. The minimum atomic E-state index is 0.467. The first-order chi connectivity index (χ1) is 15.1. The van der Waals surface area contributed by atoms with E-state index in [1.54, 1.807) is 21.3 Å². The Bertz CT molecular complexity index is 972. The normalized spacial score (nSPS) is 13.0. The van der Waals surface area contributed by atoms with Crippen molar-refractivity contribution in [3.63, 3.8) is 0 Å². The van der Waals surface area contributed by atoms with Gasteiger partial charge in [0, 0.05) is 19.0 Å². The lowest BCUT2D eigenvalue weighted by Gasteiger charge is -2.24. The van der Waals surface area contributed by atoms with Crippen molar-refractivity contribution in [1.82, 2.24) is 9.97 Å². The maximum atomic E-state index is 5.56. The number of benzene rings is 2. The lowest BCUT2D eigenvalue weighted by Crippen LogP contribution is -2.25. The number of aromatic nitrogens is 2. The van der Waals surface area contributed by atoms with E-state index in [1.165, 1.54) is 0 Å². The smallest absolute Gasteiger partial charge is 0.232 e. The summed E-state index contributed by atoms with van der Waals surface area (Å²) in [5.41, 5.74) is 3.32. The zero-order valence-electron chi connectivity index (χ0n) is 18.0. The lowest BCUT2D eigenvalue weighted by atomic mass is 10.1. The molecule has 1 aromatic heterocycles. The van der Waals surface area contributed by atoms with Gasteiger partial charge in [-0.25, -0.2) is 4.98 Å². The first kappa shape index (κ1) is 21.4. The second-order valence-corrected chi connectivity index (χ2v) is 8.35. The highest BCUT2D eigenvalue weighted by Crippen LogP contribution is 2.45. The molecule has 4 rings (SSSR count). The van der Waals surface area contributed by atoms with Gasteiger partial charge in [-0.15, -0.1) is 0 Å². The molecule has 0 amide bonds. The van der Waals surface area contributed by atoms with E-state index >= 15 is 0 Å². The van der Waals surface area contributed by atoms with E-state index in [-0.39, 0.29) is 0 Å². The van der Waals surface area contributed by atoms with Crippen LogP contribution in [-0.2, 0) is 13.1 Å². The van der Waals surface area contributed by atoms with Gasteiger partial charge in [-0.3, -0.25) is 0 Å². The largest absolute Gasteiger partial charge is 0.497 e. The highest BCUT2D eigenvalue weighted by Gasteiger charge is 2.30. The molecule has 0 N–H and O–H groups in total. The van der Waals surface area contributed by atoms with Gasteiger partial charge in [-0.05, 0) is 64.2 Å². The Kier molecular flexibility index (Phi) is 6.61. The molecule has 0 bridgehead atoms. The van der Waals surface area contributed by atoms with Crippen LogP contribution in [0.4, 0.5) is 5.95 Å². The number of anilines is 1. The standard InChI is InChI=1S/C24H26BrN3O3/c1-29-19-10-4-16(5-11-19)14-28(15-17-6-12-20(30-2)13-7-17)24-26-22(18-8-9-18)21(25)23(27-24)31-3/h4-7,10-13,18H,8-9,14-15H2,1-3H3. The van der Waals surface area contributed by atoms with Gasteiger partial charge in [0.1, 0.15) is 16.0 Å².